The minimum absolute atomic E-state index is 0.0463. The van der Waals surface area contributed by atoms with Crippen LogP contribution in [0.3, 0.4) is 0 Å². The standard InChI is InChI=1S/C24H21ClF3N5/c25-22-3-1-2-21(24(26,27)28)19(22)5-4-15-11-30-23-20(15)10-16(12-31-23)17-13-32-33(14-17)18-6-8-29-9-7-18/h1-5,10-14,18,29H,6-9H2,(H,30,31). The molecular weight excluding hydrogens is 451 g/mol. The highest BCUT2D eigenvalue weighted by Crippen LogP contribution is 2.36. The predicted octanol–water partition coefficient (Wildman–Crippen LogP) is 6.19. The smallest absolute Gasteiger partial charge is 0.346 e. The summed E-state index contributed by atoms with van der Waals surface area (Å²) in [6, 6.07) is 6.13. The number of rotatable bonds is 4. The molecule has 33 heavy (non-hydrogen) atoms. The molecule has 0 saturated carbocycles. The summed E-state index contributed by atoms with van der Waals surface area (Å²) < 4.78 is 42.2. The van der Waals surface area contributed by atoms with Gasteiger partial charge in [-0.15, -0.1) is 0 Å². The van der Waals surface area contributed by atoms with Gasteiger partial charge in [-0.25, -0.2) is 4.98 Å². The van der Waals surface area contributed by atoms with E-state index < -0.39 is 11.7 Å². The molecule has 0 spiro atoms. The van der Waals surface area contributed by atoms with Crippen molar-refractivity contribution in [2.75, 3.05) is 13.1 Å². The van der Waals surface area contributed by atoms with Crippen LogP contribution in [0.5, 0.6) is 0 Å². The fourth-order valence-corrected chi connectivity index (χ4v) is 4.44. The Bertz CT molecular complexity index is 1320. The molecule has 0 bridgehead atoms. The summed E-state index contributed by atoms with van der Waals surface area (Å²) in [4.78, 5) is 7.56. The lowest BCUT2D eigenvalue weighted by Crippen LogP contribution is -2.29. The number of aromatic nitrogens is 4. The quantitative estimate of drug-likeness (QED) is 0.373. The second-order valence-corrected chi connectivity index (χ2v) is 8.49. The Labute approximate surface area is 193 Å². The highest BCUT2D eigenvalue weighted by molar-refractivity contribution is 6.32. The van der Waals surface area contributed by atoms with Crippen LogP contribution >= 0.6 is 11.6 Å². The van der Waals surface area contributed by atoms with Gasteiger partial charge in [-0.1, -0.05) is 29.8 Å². The van der Waals surface area contributed by atoms with E-state index >= 15 is 0 Å². The van der Waals surface area contributed by atoms with E-state index in [1.54, 1.807) is 18.5 Å². The molecule has 0 radical (unpaired) electrons. The zero-order valence-corrected chi connectivity index (χ0v) is 18.3. The number of piperidine rings is 1. The molecule has 1 aromatic carbocycles. The number of halogens is 4. The Hall–Kier alpha value is -3.10. The monoisotopic (exact) mass is 471 g/mol. The lowest BCUT2D eigenvalue weighted by Gasteiger charge is -2.22. The lowest BCUT2D eigenvalue weighted by atomic mass is 10.0. The number of fused-ring (bicyclic) bond motifs is 1. The predicted molar refractivity (Wildman–Crippen MR) is 124 cm³/mol. The van der Waals surface area contributed by atoms with Crippen LogP contribution in [-0.4, -0.2) is 32.8 Å². The summed E-state index contributed by atoms with van der Waals surface area (Å²) >= 11 is 6.08. The SMILES string of the molecule is FC(F)(F)c1cccc(Cl)c1C=Cc1c[nH]c2ncc(-c3cnn(C4CCNCC4)c3)cc12. The first kappa shape index (κ1) is 21.7. The zero-order chi connectivity index (χ0) is 23.0. The maximum Gasteiger partial charge on any atom is 0.417 e. The highest BCUT2D eigenvalue weighted by Gasteiger charge is 2.33. The molecule has 170 valence electrons. The summed E-state index contributed by atoms with van der Waals surface area (Å²) in [6.45, 7) is 1.96. The molecule has 0 aliphatic carbocycles. The second kappa shape index (κ2) is 8.68. The Morgan fingerprint density at radius 2 is 1.91 bits per heavy atom. The van der Waals surface area contributed by atoms with E-state index in [-0.39, 0.29) is 10.6 Å². The van der Waals surface area contributed by atoms with Gasteiger partial charge < -0.3 is 10.3 Å². The van der Waals surface area contributed by atoms with E-state index in [0.29, 0.717) is 11.7 Å². The van der Waals surface area contributed by atoms with Crippen LogP contribution in [0.4, 0.5) is 13.2 Å². The van der Waals surface area contributed by atoms with Crippen molar-refractivity contribution in [2.24, 2.45) is 0 Å². The fourth-order valence-electron chi connectivity index (χ4n) is 4.20. The number of nitrogens with one attached hydrogen (secondary N) is 2. The van der Waals surface area contributed by atoms with Crippen LogP contribution in [0.25, 0.3) is 34.3 Å². The molecule has 1 fully saturated rings. The van der Waals surface area contributed by atoms with Crippen LogP contribution in [-0.2, 0) is 6.18 Å². The molecule has 4 heterocycles. The van der Waals surface area contributed by atoms with Crippen molar-refractivity contribution in [2.45, 2.75) is 25.1 Å². The number of pyridine rings is 1. The molecule has 0 unspecified atom stereocenters. The second-order valence-electron chi connectivity index (χ2n) is 8.09. The summed E-state index contributed by atoms with van der Waals surface area (Å²) in [7, 11) is 0. The number of nitrogens with zero attached hydrogens (tertiary/aromatic N) is 3. The van der Waals surface area contributed by atoms with Crippen LogP contribution in [0.2, 0.25) is 5.02 Å². The summed E-state index contributed by atoms with van der Waals surface area (Å²) in [5, 5.41) is 8.75. The first-order valence-corrected chi connectivity index (χ1v) is 11.0. The van der Waals surface area contributed by atoms with Crippen LogP contribution in [0.1, 0.15) is 35.6 Å². The minimum atomic E-state index is -4.49. The molecule has 1 aliphatic rings. The largest absolute Gasteiger partial charge is 0.417 e. The maximum absolute atomic E-state index is 13.4. The van der Waals surface area contributed by atoms with Gasteiger partial charge >= 0.3 is 6.18 Å². The Balaban J connectivity index is 1.47. The topological polar surface area (TPSA) is 58.5 Å². The number of hydrogen-bond acceptors (Lipinski definition) is 3. The van der Waals surface area contributed by atoms with Crippen molar-refractivity contribution in [1.82, 2.24) is 25.1 Å². The van der Waals surface area contributed by atoms with Gasteiger partial charge in [0.25, 0.3) is 0 Å². The van der Waals surface area contributed by atoms with Crippen molar-refractivity contribution in [1.29, 1.82) is 0 Å². The number of aromatic amines is 1. The van der Waals surface area contributed by atoms with Gasteiger partial charge in [-0.2, -0.15) is 18.3 Å². The third-order valence-corrected chi connectivity index (χ3v) is 6.30. The van der Waals surface area contributed by atoms with Crippen molar-refractivity contribution in [3.05, 3.63) is 70.8 Å². The molecule has 9 heteroatoms. The van der Waals surface area contributed by atoms with E-state index in [1.165, 1.54) is 18.2 Å². The van der Waals surface area contributed by atoms with Gasteiger partial charge in [0.2, 0.25) is 0 Å². The van der Waals surface area contributed by atoms with Crippen LogP contribution < -0.4 is 5.32 Å². The molecule has 4 aromatic rings. The molecule has 2 N–H and O–H groups in total. The molecule has 0 amide bonds. The van der Waals surface area contributed by atoms with Crippen LogP contribution in [0, 0.1) is 0 Å². The highest BCUT2D eigenvalue weighted by atomic mass is 35.5. The van der Waals surface area contributed by atoms with Gasteiger partial charge in [-0.3, -0.25) is 4.68 Å². The molecule has 1 aliphatic heterocycles. The van der Waals surface area contributed by atoms with Gasteiger partial charge in [0.1, 0.15) is 5.65 Å². The average molecular weight is 472 g/mol. The normalized spacial score (nSPS) is 15.6. The van der Waals surface area contributed by atoms with E-state index in [2.05, 4.69) is 20.4 Å². The van der Waals surface area contributed by atoms with Crippen LogP contribution in [0.15, 0.2) is 49.1 Å². The third-order valence-electron chi connectivity index (χ3n) is 5.97. The maximum atomic E-state index is 13.4. The van der Waals surface area contributed by atoms with E-state index in [4.69, 9.17) is 11.6 Å². The van der Waals surface area contributed by atoms with Crippen molar-refractivity contribution in [3.8, 4) is 11.1 Å². The fraction of sp³-hybridized carbons (Fsp3) is 0.250. The average Bonchev–Trinajstić information content (AvgIpc) is 3.45. The number of hydrogen-bond donors (Lipinski definition) is 2. The van der Waals surface area contributed by atoms with Gasteiger partial charge in [0.15, 0.2) is 0 Å². The van der Waals surface area contributed by atoms with Crippen molar-refractivity contribution in [3.63, 3.8) is 0 Å². The van der Waals surface area contributed by atoms with E-state index in [1.807, 2.05) is 23.1 Å². The van der Waals surface area contributed by atoms with E-state index in [9.17, 15) is 13.2 Å². The summed E-state index contributed by atoms with van der Waals surface area (Å²) in [6.07, 6.45) is 7.95. The Kier molecular flexibility index (Phi) is 5.72. The number of benzene rings is 1. The Morgan fingerprint density at radius 1 is 1.09 bits per heavy atom. The Morgan fingerprint density at radius 3 is 2.70 bits per heavy atom. The first-order chi connectivity index (χ1) is 15.9. The molecular formula is C24H21ClF3N5. The van der Waals surface area contributed by atoms with Gasteiger partial charge in [-0.05, 0) is 44.1 Å². The summed E-state index contributed by atoms with van der Waals surface area (Å²) in [5.41, 5.74) is 2.39. The van der Waals surface area contributed by atoms with Crippen molar-refractivity contribution < 1.29 is 13.2 Å². The number of H-pyrrole nitrogens is 1. The molecule has 5 nitrogen and oxygen atoms in total. The van der Waals surface area contributed by atoms with Gasteiger partial charge in [0.05, 0.1) is 17.8 Å². The lowest BCUT2D eigenvalue weighted by molar-refractivity contribution is -0.137. The molecule has 1 saturated heterocycles. The van der Waals surface area contributed by atoms with Gasteiger partial charge in [0, 0.05) is 51.3 Å². The summed E-state index contributed by atoms with van der Waals surface area (Å²) in [5.74, 6) is 0. The molecule has 3 aromatic heterocycles. The van der Waals surface area contributed by atoms with Crippen molar-refractivity contribution >= 4 is 34.8 Å². The third kappa shape index (κ3) is 4.41. The number of alkyl halides is 3. The minimum Gasteiger partial charge on any atom is -0.346 e. The zero-order valence-electron chi connectivity index (χ0n) is 17.5. The van der Waals surface area contributed by atoms with E-state index in [0.717, 1.165) is 54.1 Å². The molecule has 0 atom stereocenters. The first-order valence-electron chi connectivity index (χ1n) is 10.7. The molecule has 5 rings (SSSR count).